The van der Waals surface area contributed by atoms with E-state index in [1.54, 1.807) is 18.3 Å². The molecule has 0 amide bonds. The molecule has 0 bridgehead atoms. The third kappa shape index (κ3) is 6.64. The van der Waals surface area contributed by atoms with Crippen molar-refractivity contribution in [2.75, 3.05) is 60.2 Å². The lowest BCUT2D eigenvalue weighted by Gasteiger charge is -2.27. The third-order valence-electron chi connectivity index (χ3n) is 6.13. The number of hydrogen-bond donors (Lipinski definition) is 3. The molecule has 1 fully saturated rings. The third-order valence-corrected chi connectivity index (χ3v) is 6.36. The number of morpholine rings is 1. The first kappa shape index (κ1) is 25.6. The summed E-state index contributed by atoms with van der Waals surface area (Å²) in [5, 5.41) is 11.8. The number of pyridine rings is 1. The number of nitrogens with zero attached hydrogens (tertiary/aromatic N) is 5. The van der Waals surface area contributed by atoms with E-state index in [1.165, 1.54) is 0 Å². The van der Waals surface area contributed by atoms with Gasteiger partial charge in [0, 0.05) is 59.7 Å². The minimum Gasteiger partial charge on any atom is -0.384 e. The first-order chi connectivity index (χ1) is 18.7. The lowest BCUT2D eigenvalue weighted by atomic mass is 10.2. The Morgan fingerprint density at radius 3 is 2.47 bits per heavy atom. The molecule has 0 atom stereocenters. The summed E-state index contributed by atoms with van der Waals surface area (Å²) in [6.45, 7) is 4.25. The summed E-state index contributed by atoms with van der Waals surface area (Å²) in [5.41, 5.74) is 3.32. The van der Waals surface area contributed by atoms with E-state index in [2.05, 4.69) is 40.8 Å². The highest BCUT2D eigenvalue weighted by Crippen LogP contribution is 2.24. The zero-order valence-electron chi connectivity index (χ0n) is 20.9. The van der Waals surface area contributed by atoms with Gasteiger partial charge in [-0.2, -0.15) is 15.0 Å². The fourth-order valence-electron chi connectivity index (χ4n) is 4.13. The highest BCUT2D eigenvalue weighted by Gasteiger charge is 2.17. The molecular formula is C27H29ClN8O2. The number of aldehydes is 1. The van der Waals surface area contributed by atoms with E-state index in [0.29, 0.717) is 48.2 Å². The van der Waals surface area contributed by atoms with Crippen LogP contribution in [0, 0.1) is 0 Å². The molecule has 2 aromatic carbocycles. The lowest BCUT2D eigenvalue weighted by Crippen LogP contribution is -2.37. The van der Waals surface area contributed by atoms with Crippen molar-refractivity contribution in [2.24, 2.45) is 0 Å². The van der Waals surface area contributed by atoms with Crippen LogP contribution in [-0.4, -0.2) is 65.6 Å². The standard InChI is InChI=1S/C27H29ClN8O2/c28-20-5-8-22-23(9-12-30-24(22)17-20)29-10-1-2-11-31-25-33-26(32-21-6-3-19(18-37)4-7-21)35-27(34-25)36-13-15-38-16-14-36/h3-9,12,17-18H,1-2,10-11,13-16H2,(H,29,30)(H2,31,32,33,34,35). The summed E-state index contributed by atoms with van der Waals surface area (Å²) < 4.78 is 5.47. The second kappa shape index (κ2) is 12.5. The Balaban J connectivity index is 1.18. The van der Waals surface area contributed by atoms with Gasteiger partial charge in [0.05, 0.1) is 18.7 Å². The van der Waals surface area contributed by atoms with Gasteiger partial charge in [-0.15, -0.1) is 0 Å². The number of aromatic nitrogens is 4. The molecule has 0 radical (unpaired) electrons. The second-order valence-corrected chi connectivity index (χ2v) is 9.26. The van der Waals surface area contributed by atoms with Crippen LogP contribution in [0.25, 0.3) is 10.9 Å². The highest BCUT2D eigenvalue weighted by molar-refractivity contribution is 6.31. The number of hydrogen-bond acceptors (Lipinski definition) is 10. The molecule has 196 valence electrons. The molecule has 0 saturated carbocycles. The Morgan fingerprint density at radius 2 is 1.68 bits per heavy atom. The topological polar surface area (TPSA) is 117 Å². The van der Waals surface area contributed by atoms with Crippen molar-refractivity contribution >= 4 is 58.0 Å². The Morgan fingerprint density at radius 1 is 0.921 bits per heavy atom. The molecule has 38 heavy (non-hydrogen) atoms. The van der Waals surface area contributed by atoms with Crippen molar-refractivity contribution in [3.05, 3.63) is 65.3 Å². The van der Waals surface area contributed by atoms with Crippen LogP contribution in [0.1, 0.15) is 23.2 Å². The van der Waals surface area contributed by atoms with Gasteiger partial charge in [-0.1, -0.05) is 11.6 Å². The molecule has 4 aromatic rings. The van der Waals surface area contributed by atoms with Crippen LogP contribution in [0.3, 0.4) is 0 Å². The summed E-state index contributed by atoms with van der Waals surface area (Å²) >= 11 is 6.09. The number of ether oxygens (including phenoxy) is 1. The second-order valence-electron chi connectivity index (χ2n) is 8.83. The molecule has 5 rings (SSSR count). The van der Waals surface area contributed by atoms with Gasteiger partial charge in [-0.25, -0.2) is 0 Å². The first-order valence-electron chi connectivity index (χ1n) is 12.6. The van der Waals surface area contributed by atoms with E-state index in [9.17, 15) is 4.79 Å². The van der Waals surface area contributed by atoms with Crippen LogP contribution < -0.4 is 20.9 Å². The number of nitrogens with one attached hydrogen (secondary N) is 3. The molecule has 2 aromatic heterocycles. The van der Waals surface area contributed by atoms with E-state index in [4.69, 9.17) is 16.3 Å². The number of benzene rings is 2. The maximum absolute atomic E-state index is 11.0. The number of carbonyl (C=O) groups excluding carboxylic acids is 1. The quantitative estimate of drug-likeness (QED) is 0.184. The Kier molecular flexibility index (Phi) is 8.42. The molecule has 3 N–H and O–H groups in total. The van der Waals surface area contributed by atoms with Crippen LogP contribution in [0.15, 0.2) is 54.7 Å². The van der Waals surface area contributed by atoms with Crippen molar-refractivity contribution in [1.82, 2.24) is 19.9 Å². The average molecular weight is 533 g/mol. The van der Waals surface area contributed by atoms with Crippen molar-refractivity contribution in [1.29, 1.82) is 0 Å². The largest absolute Gasteiger partial charge is 0.384 e. The van der Waals surface area contributed by atoms with E-state index in [0.717, 1.165) is 61.0 Å². The van der Waals surface area contributed by atoms with E-state index in [-0.39, 0.29) is 0 Å². The number of rotatable bonds is 11. The maximum atomic E-state index is 11.0. The van der Waals surface area contributed by atoms with Gasteiger partial charge < -0.3 is 25.6 Å². The zero-order chi connectivity index (χ0) is 26.2. The molecule has 10 nitrogen and oxygen atoms in total. The SMILES string of the molecule is O=Cc1ccc(Nc2nc(NCCCCNc3ccnc4cc(Cl)ccc34)nc(N3CCOCC3)n2)cc1. The van der Waals surface area contributed by atoms with Crippen LogP contribution in [0.2, 0.25) is 5.02 Å². The minimum absolute atomic E-state index is 0.439. The van der Waals surface area contributed by atoms with Crippen molar-refractivity contribution in [2.45, 2.75) is 12.8 Å². The first-order valence-corrected chi connectivity index (χ1v) is 13.0. The number of halogens is 1. The summed E-state index contributed by atoms with van der Waals surface area (Å²) in [4.78, 5) is 31.3. The van der Waals surface area contributed by atoms with E-state index >= 15 is 0 Å². The van der Waals surface area contributed by atoms with Gasteiger partial charge in [0.1, 0.15) is 6.29 Å². The van der Waals surface area contributed by atoms with Gasteiger partial charge >= 0.3 is 0 Å². The molecule has 1 aliphatic rings. The predicted octanol–water partition coefficient (Wildman–Crippen LogP) is 4.77. The summed E-state index contributed by atoms with van der Waals surface area (Å²) in [6, 6.07) is 14.9. The van der Waals surface area contributed by atoms with Gasteiger partial charge in [-0.3, -0.25) is 9.78 Å². The van der Waals surface area contributed by atoms with E-state index < -0.39 is 0 Å². The van der Waals surface area contributed by atoms with Gasteiger partial charge in [0.15, 0.2) is 0 Å². The van der Waals surface area contributed by atoms with E-state index in [1.807, 2.05) is 36.4 Å². The molecule has 11 heteroatoms. The van der Waals surface area contributed by atoms with Crippen LogP contribution in [0.5, 0.6) is 0 Å². The number of fused-ring (bicyclic) bond motifs is 1. The molecule has 3 heterocycles. The van der Waals surface area contributed by atoms with Crippen molar-refractivity contribution in [3.8, 4) is 0 Å². The minimum atomic E-state index is 0.439. The number of carbonyl (C=O) groups is 1. The Hall–Kier alpha value is -4.02. The number of unbranched alkanes of at least 4 members (excludes halogenated alkanes) is 1. The van der Waals surface area contributed by atoms with Crippen molar-refractivity contribution < 1.29 is 9.53 Å². The maximum Gasteiger partial charge on any atom is 0.233 e. The summed E-state index contributed by atoms with van der Waals surface area (Å²) in [7, 11) is 0. The Labute approximate surface area is 225 Å². The zero-order valence-corrected chi connectivity index (χ0v) is 21.6. The van der Waals surface area contributed by atoms with Gasteiger partial charge in [0.25, 0.3) is 0 Å². The van der Waals surface area contributed by atoms with Crippen LogP contribution in [0.4, 0.5) is 29.2 Å². The smallest absolute Gasteiger partial charge is 0.233 e. The summed E-state index contributed by atoms with van der Waals surface area (Å²) in [5.74, 6) is 1.55. The van der Waals surface area contributed by atoms with Crippen LogP contribution in [-0.2, 0) is 4.74 Å². The summed E-state index contributed by atoms with van der Waals surface area (Å²) in [6.07, 6.45) is 4.49. The van der Waals surface area contributed by atoms with Crippen molar-refractivity contribution in [3.63, 3.8) is 0 Å². The number of anilines is 5. The van der Waals surface area contributed by atoms with Crippen LogP contribution >= 0.6 is 11.6 Å². The fourth-order valence-corrected chi connectivity index (χ4v) is 4.29. The average Bonchev–Trinajstić information content (AvgIpc) is 2.95. The normalized spacial score (nSPS) is 13.3. The monoisotopic (exact) mass is 532 g/mol. The van der Waals surface area contributed by atoms with Gasteiger partial charge in [-0.05, 0) is 61.4 Å². The molecule has 1 aliphatic heterocycles. The molecule has 0 unspecified atom stereocenters. The highest BCUT2D eigenvalue weighted by atomic mass is 35.5. The molecule has 0 aliphatic carbocycles. The Bertz CT molecular complexity index is 1380. The lowest BCUT2D eigenvalue weighted by molar-refractivity contribution is 0.112. The molecule has 1 saturated heterocycles. The van der Waals surface area contributed by atoms with Gasteiger partial charge in [0.2, 0.25) is 17.8 Å². The predicted molar refractivity (Wildman–Crippen MR) is 151 cm³/mol. The molecule has 0 spiro atoms. The fraction of sp³-hybridized carbons (Fsp3) is 0.296. The molecular weight excluding hydrogens is 504 g/mol.